The highest BCUT2D eigenvalue weighted by Gasteiger charge is 2.34. The van der Waals surface area contributed by atoms with E-state index in [1.807, 2.05) is 13.8 Å². The second kappa shape index (κ2) is 12.0. The number of ether oxygens (including phenoxy) is 2. The molecule has 0 aliphatic heterocycles. The lowest BCUT2D eigenvalue weighted by molar-refractivity contribution is -0.154. The summed E-state index contributed by atoms with van der Waals surface area (Å²) in [6.07, 6.45) is 7.18. The summed E-state index contributed by atoms with van der Waals surface area (Å²) in [5, 5.41) is 3.26. The molecule has 0 radical (unpaired) electrons. The molecule has 0 aromatic rings. The zero-order valence-corrected chi connectivity index (χ0v) is 14.7. The van der Waals surface area contributed by atoms with Crippen LogP contribution in [-0.2, 0) is 14.3 Å². The number of carbonyl (C=O) groups is 1. The van der Waals surface area contributed by atoms with Gasteiger partial charge in [-0.05, 0) is 40.2 Å². The van der Waals surface area contributed by atoms with Crippen LogP contribution in [0.4, 0.5) is 0 Å². The Morgan fingerprint density at radius 2 is 1.86 bits per heavy atom. The van der Waals surface area contributed by atoms with Gasteiger partial charge in [-0.15, -0.1) is 0 Å². The van der Waals surface area contributed by atoms with Gasteiger partial charge in [0.15, 0.2) is 0 Å². The molecule has 0 bridgehead atoms. The quantitative estimate of drug-likeness (QED) is 0.416. The van der Waals surface area contributed by atoms with Crippen molar-refractivity contribution in [3.8, 4) is 0 Å². The molecular formula is C17H35NO3. The van der Waals surface area contributed by atoms with Crippen LogP contribution in [-0.4, -0.2) is 37.4 Å². The fourth-order valence-corrected chi connectivity index (χ4v) is 2.12. The molecule has 0 fully saturated rings. The summed E-state index contributed by atoms with van der Waals surface area (Å²) >= 11 is 0. The van der Waals surface area contributed by atoms with E-state index in [9.17, 15) is 4.79 Å². The van der Waals surface area contributed by atoms with Crippen molar-refractivity contribution in [3.63, 3.8) is 0 Å². The van der Waals surface area contributed by atoms with Gasteiger partial charge >= 0.3 is 5.97 Å². The topological polar surface area (TPSA) is 47.6 Å². The highest BCUT2D eigenvalue weighted by molar-refractivity contribution is 5.80. The number of unbranched alkanes of at least 4 members (excludes halogenated alkanes) is 3. The second-order valence-corrected chi connectivity index (χ2v) is 5.95. The Hall–Kier alpha value is -0.610. The Morgan fingerprint density at radius 1 is 1.14 bits per heavy atom. The van der Waals surface area contributed by atoms with Crippen LogP contribution in [0.2, 0.25) is 0 Å². The van der Waals surface area contributed by atoms with Crippen molar-refractivity contribution >= 4 is 5.97 Å². The molecule has 21 heavy (non-hydrogen) atoms. The van der Waals surface area contributed by atoms with Crippen molar-refractivity contribution in [1.82, 2.24) is 5.32 Å². The van der Waals surface area contributed by atoms with Crippen molar-refractivity contribution in [2.75, 3.05) is 19.8 Å². The Bertz CT molecular complexity index is 271. The molecule has 0 heterocycles. The lowest BCUT2D eigenvalue weighted by Crippen LogP contribution is -2.54. The third-order valence-electron chi connectivity index (χ3n) is 3.61. The summed E-state index contributed by atoms with van der Waals surface area (Å²) in [7, 11) is 0. The molecule has 0 aromatic carbocycles. The second-order valence-electron chi connectivity index (χ2n) is 5.95. The van der Waals surface area contributed by atoms with E-state index in [4.69, 9.17) is 9.47 Å². The first-order valence-electron chi connectivity index (χ1n) is 8.54. The maximum Gasteiger partial charge on any atom is 0.328 e. The molecule has 0 saturated heterocycles. The maximum atomic E-state index is 12.1. The van der Waals surface area contributed by atoms with Gasteiger partial charge in [0.1, 0.15) is 5.54 Å². The zero-order valence-electron chi connectivity index (χ0n) is 14.7. The monoisotopic (exact) mass is 301 g/mol. The van der Waals surface area contributed by atoms with Crippen LogP contribution in [0.3, 0.4) is 0 Å². The van der Waals surface area contributed by atoms with Gasteiger partial charge in [-0.1, -0.05) is 39.5 Å². The molecule has 0 spiro atoms. The van der Waals surface area contributed by atoms with Crippen LogP contribution in [0.25, 0.3) is 0 Å². The Morgan fingerprint density at radius 3 is 2.43 bits per heavy atom. The third kappa shape index (κ3) is 9.10. The SMILES string of the molecule is CCCCCCC(C)OCC(C)(NCCC)C(=O)OCC. The number of nitrogens with one attached hydrogen (secondary N) is 1. The number of esters is 1. The van der Waals surface area contributed by atoms with Crippen molar-refractivity contribution in [2.24, 2.45) is 0 Å². The summed E-state index contributed by atoms with van der Waals surface area (Å²) in [5.74, 6) is -0.225. The minimum absolute atomic E-state index is 0.180. The summed E-state index contributed by atoms with van der Waals surface area (Å²) < 4.78 is 11.1. The zero-order chi connectivity index (χ0) is 16.1. The molecule has 126 valence electrons. The highest BCUT2D eigenvalue weighted by atomic mass is 16.5. The third-order valence-corrected chi connectivity index (χ3v) is 3.61. The first-order chi connectivity index (χ1) is 10.00. The molecule has 2 atom stereocenters. The van der Waals surface area contributed by atoms with E-state index >= 15 is 0 Å². The largest absolute Gasteiger partial charge is 0.465 e. The fourth-order valence-electron chi connectivity index (χ4n) is 2.12. The van der Waals surface area contributed by atoms with Gasteiger partial charge < -0.3 is 14.8 Å². The summed E-state index contributed by atoms with van der Waals surface area (Å²) in [5.41, 5.74) is -0.746. The minimum Gasteiger partial charge on any atom is -0.465 e. The summed E-state index contributed by atoms with van der Waals surface area (Å²) in [6.45, 7) is 11.6. The lowest BCUT2D eigenvalue weighted by Gasteiger charge is -2.29. The molecule has 2 unspecified atom stereocenters. The Labute approximate surface area is 131 Å². The normalized spacial score (nSPS) is 15.5. The van der Waals surface area contributed by atoms with E-state index in [1.165, 1.54) is 25.7 Å². The van der Waals surface area contributed by atoms with Crippen LogP contribution >= 0.6 is 0 Å². The van der Waals surface area contributed by atoms with Crippen molar-refractivity contribution in [1.29, 1.82) is 0 Å². The number of rotatable bonds is 13. The van der Waals surface area contributed by atoms with Crippen LogP contribution in [0.15, 0.2) is 0 Å². The fraction of sp³-hybridized carbons (Fsp3) is 0.941. The van der Waals surface area contributed by atoms with Crippen LogP contribution in [0, 0.1) is 0 Å². The van der Waals surface area contributed by atoms with Gasteiger partial charge in [-0.2, -0.15) is 0 Å². The van der Waals surface area contributed by atoms with Crippen LogP contribution in [0.1, 0.15) is 73.1 Å². The Balaban J connectivity index is 4.24. The number of hydrogen-bond acceptors (Lipinski definition) is 4. The molecule has 4 heteroatoms. The molecule has 0 saturated carbocycles. The van der Waals surface area contributed by atoms with E-state index in [0.717, 1.165) is 19.4 Å². The predicted octanol–water partition coefficient (Wildman–Crippen LogP) is 3.68. The number of hydrogen-bond donors (Lipinski definition) is 1. The average Bonchev–Trinajstić information content (AvgIpc) is 2.47. The molecule has 4 nitrogen and oxygen atoms in total. The van der Waals surface area contributed by atoms with Gasteiger partial charge in [0.05, 0.1) is 19.3 Å². The van der Waals surface area contributed by atoms with E-state index in [-0.39, 0.29) is 12.1 Å². The molecule has 0 aliphatic rings. The van der Waals surface area contributed by atoms with Crippen molar-refractivity contribution in [2.45, 2.75) is 84.8 Å². The maximum absolute atomic E-state index is 12.1. The summed E-state index contributed by atoms with van der Waals surface area (Å²) in [6, 6.07) is 0. The summed E-state index contributed by atoms with van der Waals surface area (Å²) in [4.78, 5) is 12.1. The van der Waals surface area contributed by atoms with Gasteiger partial charge in [0.25, 0.3) is 0 Å². The van der Waals surface area contributed by atoms with E-state index in [2.05, 4.69) is 26.1 Å². The molecule has 0 aliphatic carbocycles. The Kier molecular flexibility index (Phi) is 11.6. The average molecular weight is 301 g/mol. The van der Waals surface area contributed by atoms with E-state index in [0.29, 0.717) is 13.2 Å². The predicted molar refractivity (Wildman–Crippen MR) is 87.5 cm³/mol. The van der Waals surface area contributed by atoms with Crippen molar-refractivity contribution < 1.29 is 14.3 Å². The van der Waals surface area contributed by atoms with Crippen molar-refractivity contribution in [3.05, 3.63) is 0 Å². The molecule has 0 amide bonds. The van der Waals surface area contributed by atoms with E-state index in [1.54, 1.807) is 0 Å². The standard InChI is InChI=1S/C17H35NO3/c1-6-9-10-11-12-15(4)21-14-17(5,18-13-7-2)16(19)20-8-3/h15,18H,6-14H2,1-5H3. The minimum atomic E-state index is -0.746. The number of carbonyl (C=O) groups excluding carboxylic acids is 1. The van der Waals surface area contributed by atoms with Crippen LogP contribution in [0.5, 0.6) is 0 Å². The molecule has 0 aromatic heterocycles. The van der Waals surface area contributed by atoms with Gasteiger partial charge in [-0.25, -0.2) is 4.79 Å². The smallest absolute Gasteiger partial charge is 0.328 e. The van der Waals surface area contributed by atoms with Gasteiger partial charge in [0.2, 0.25) is 0 Å². The lowest BCUT2D eigenvalue weighted by atomic mass is 10.0. The van der Waals surface area contributed by atoms with Crippen LogP contribution < -0.4 is 5.32 Å². The first kappa shape index (κ1) is 20.4. The first-order valence-corrected chi connectivity index (χ1v) is 8.54. The molecule has 0 rings (SSSR count). The highest BCUT2D eigenvalue weighted by Crippen LogP contribution is 2.13. The molecular weight excluding hydrogens is 266 g/mol. The van der Waals surface area contributed by atoms with Gasteiger partial charge in [0, 0.05) is 0 Å². The molecule has 1 N–H and O–H groups in total. The van der Waals surface area contributed by atoms with E-state index < -0.39 is 5.54 Å². The van der Waals surface area contributed by atoms with Gasteiger partial charge in [-0.3, -0.25) is 0 Å².